The van der Waals surface area contributed by atoms with E-state index in [-0.39, 0.29) is 24.8 Å². The summed E-state index contributed by atoms with van der Waals surface area (Å²) < 4.78 is 46.7. The number of fused-ring (bicyclic) bond motifs is 4. The summed E-state index contributed by atoms with van der Waals surface area (Å²) >= 11 is 0. The summed E-state index contributed by atoms with van der Waals surface area (Å²) in [4.78, 5) is 23.5. The number of amides is 1. The Bertz CT molecular complexity index is 1490. The number of pyridine rings is 2. The van der Waals surface area contributed by atoms with Gasteiger partial charge in [-0.15, -0.1) is 0 Å². The zero-order valence-electron chi connectivity index (χ0n) is 18.8. The monoisotopic (exact) mass is 481 g/mol. The molecular weight excluding hydrogens is 459 g/mol. The number of nitrogens with two attached hydrogens (primary N) is 1. The van der Waals surface area contributed by atoms with Gasteiger partial charge in [0.05, 0.1) is 31.0 Å². The Kier molecular flexibility index (Phi) is 4.79. The second-order valence-electron chi connectivity index (χ2n) is 9.18. The number of ether oxygens (including phenoxy) is 1. The molecule has 1 fully saturated rings. The molecule has 0 saturated heterocycles. The van der Waals surface area contributed by atoms with E-state index in [0.29, 0.717) is 22.9 Å². The molecule has 4 aromatic rings. The molecular formula is C25H22F3N5O2. The number of halogens is 3. The van der Waals surface area contributed by atoms with Gasteiger partial charge in [-0.2, -0.15) is 13.2 Å². The average molecular weight is 481 g/mol. The molecule has 10 heteroatoms. The molecule has 2 N–H and O–H groups in total. The fourth-order valence-electron chi connectivity index (χ4n) is 4.88. The first kappa shape index (κ1) is 21.8. The van der Waals surface area contributed by atoms with Crippen LogP contribution in [0.4, 0.5) is 19.0 Å². The van der Waals surface area contributed by atoms with Gasteiger partial charge in [0.2, 0.25) is 0 Å². The first-order valence-corrected chi connectivity index (χ1v) is 11.3. The summed E-state index contributed by atoms with van der Waals surface area (Å²) in [5, 5.41) is 0.847. The number of hydrogen-bond donors (Lipinski definition) is 1. The highest BCUT2D eigenvalue weighted by molar-refractivity contribution is 5.98. The molecule has 1 aliphatic carbocycles. The number of nitrogens with zero attached hydrogens (tertiary/aromatic N) is 4. The van der Waals surface area contributed by atoms with Gasteiger partial charge in [0.15, 0.2) is 0 Å². The number of imidazole rings is 1. The van der Waals surface area contributed by atoms with Crippen molar-refractivity contribution in [3.05, 3.63) is 70.7 Å². The third kappa shape index (κ3) is 3.59. The zero-order chi connectivity index (χ0) is 24.5. The lowest BCUT2D eigenvalue weighted by Gasteiger charge is -2.33. The Labute approximate surface area is 198 Å². The molecule has 1 atom stereocenters. The lowest BCUT2D eigenvalue weighted by atomic mass is 9.98. The second kappa shape index (κ2) is 7.67. The molecule has 0 radical (unpaired) electrons. The average Bonchev–Trinajstić information content (AvgIpc) is 3.58. The fourth-order valence-corrected chi connectivity index (χ4v) is 4.88. The van der Waals surface area contributed by atoms with E-state index >= 15 is 0 Å². The van der Waals surface area contributed by atoms with E-state index in [1.807, 2.05) is 12.1 Å². The van der Waals surface area contributed by atoms with Crippen LogP contribution in [-0.4, -0.2) is 38.8 Å². The number of likely N-dealkylation sites (N-methyl/N-ethyl adjacent to an activating group) is 1. The Morgan fingerprint density at radius 3 is 2.74 bits per heavy atom. The van der Waals surface area contributed by atoms with Crippen LogP contribution in [0.2, 0.25) is 0 Å². The lowest BCUT2D eigenvalue weighted by Crippen LogP contribution is -2.36. The van der Waals surface area contributed by atoms with E-state index in [1.54, 1.807) is 30.1 Å². The molecule has 3 aromatic heterocycles. The molecule has 1 saturated carbocycles. The summed E-state index contributed by atoms with van der Waals surface area (Å²) in [6.07, 6.45) is -0.168. The number of carbonyl (C=O) groups excluding carboxylic acids is 1. The van der Waals surface area contributed by atoms with Gasteiger partial charge in [-0.3, -0.25) is 9.20 Å². The van der Waals surface area contributed by atoms with Crippen LogP contribution >= 0.6 is 0 Å². The van der Waals surface area contributed by atoms with E-state index < -0.39 is 17.9 Å². The minimum absolute atomic E-state index is 0.125. The third-order valence-electron chi connectivity index (χ3n) is 6.92. The Morgan fingerprint density at radius 2 is 2.00 bits per heavy atom. The molecule has 1 aliphatic heterocycles. The Morgan fingerprint density at radius 1 is 1.20 bits per heavy atom. The number of anilines is 1. The van der Waals surface area contributed by atoms with Crippen molar-refractivity contribution in [3.8, 4) is 0 Å². The summed E-state index contributed by atoms with van der Waals surface area (Å²) in [7, 11) is 1.67. The van der Waals surface area contributed by atoms with E-state index in [1.165, 1.54) is 6.20 Å². The van der Waals surface area contributed by atoms with Crippen LogP contribution in [0.3, 0.4) is 0 Å². The number of rotatable bonds is 3. The van der Waals surface area contributed by atoms with Crippen molar-refractivity contribution in [2.24, 2.45) is 0 Å². The van der Waals surface area contributed by atoms with E-state index in [0.717, 1.165) is 45.5 Å². The van der Waals surface area contributed by atoms with Crippen molar-refractivity contribution >= 4 is 28.3 Å². The van der Waals surface area contributed by atoms with Gasteiger partial charge in [-0.1, -0.05) is 0 Å². The van der Waals surface area contributed by atoms with Crippen LogP contribution in [0.15, 0.2) is 42.7 Å². The predicted octanol–water partition coefficient (Wildman–Crippen LogP) is 4.70. The minimum Gasteiger partial charge on any atom is -0.383 e. The maximum atomic E-state index is 13.5. The highest BCUT2D eigenvalue weighted by Crippen LogP contribution is 2.43. The molecule has 0 spiro atoms. The summed E-state index contributed by atoms with van der Waals surface area (Å²) in [6.45, 7) is 0.356. The van der Waals surface area contributed by atoms with E-state index in [4.69, 9.17) is 10.5 Å². The molecule has 7 nitrogen and oxygen atoms in total. The zero-order valence-corrected chi connectivity index (χ0v) is 18.8. The lowest BCUT2D eigenvalue weighted by molar-refractivity contribution is -0.141. The standard InChI is InChI=1S/C25H22F3N5O2/c1-32(24(34)14-4-5-19-15(8-14)9-17(13-2-3-13)22(29)31-19)20-12-35-11-18-16(20)6-7-33-21(25(26,27)28)10-30-23(18)33/h4-10,13,20H,2-3,11-12H2,1H3,(H2,29,31). The SMILES string of the molecule is CN(C(=O)c1ccc2nc(N)c(C3CC3)cc2c1)C1COCc2c1ccn1c(C(F)(F)F)cnc21. The number of hydrogen-bond acceptors (Lipinski definition) is 5. The maximum absolute atomic E-state index is 13.5. The van der Waals surface area contributed by atoms with Gasteiger partial charge in [0, 0.05) is 29.8 Å². The normalized spacial score (nSPS) is 18.1. The first-order valence-electron chi connectivity index (χ1n) is 11.3. The topological polar surface area (TPSA) is 85.8 Å². The highest BCUT2D eigenvalue weighted by atomic mass is 19.4. The largest absolute Gasteiger partial charge is 0.433 e. The van der Waals surface area contributed by atoms with Crippen LogP contribution in [0.1, 0.15) is 57.5 Å². The van der Waals surface area contributed by atoms with Crippen molar-refractivity contribution < 1.29 is 22.7 Å². The van der Waals surface area contributed by atoms with Gasteiger partial charge >= 0.3 is 6.18 Å². The number of carbonyl (C=O) groups is 1. The van der Waals surface area contributed by atoms with Crippen LogP contribution < -0.4 is 5.73 Å². The minimum atomic E-state index is -4.52. The van der Waals surface area contributed by atoms with Gasteiger partial charge in [0.1, 0.15) is 17.2 Å². The molecule has 0 bridgehead atoms. The molecule has 6 rings (SSSR count). The van der Waals surface area contributed by atoms with Crippen molar-refractivity contribution in [1.82, 2.24) is 19.3 Å². The van der Waals surface area contributed by atoms with Gasteiger partial charge in [0.25, 0.3) is 5.91 Å². The Balaban J connectivity index is 1.34. The van der Waals surface area contributed by atoms with Crippen molar-refractivity contribution in [3.63, 3.8) is 0 Å². The van der Waals surface area contributed by atoms with Gasteiger partial charge in [-0.05, 0) is 60.2 Å². The molecule has 2 aliphatic rings. The molecule has 1 amide bonds. The van der Waals surface area contributed by atoms with Crippen LogP contribution in [-0.2, 0) is 17.5 Å². The molecule has 4 heterocycles. The summed E-state index contributed by atoms with van der Waals surface area (Å²) in [5.41, 5.74) is 8.95. The number of alkyl halides is 3. The first-order chi connectivity index (χ1) is 16.7. The summed E-state index contributed by atoms with van der Waals surface area (Å²) in [5.74, 6) is 0.741. The highest BCUT2D eigenvalue weighted by Gasteiger charge is 2.36. The fraction of sp³-hybridized carbons (Fsp3) is 0.320. The van der Waals surface area contributed by atoms with Crippen LogP contribution in [0, 0.1) is 0 Å². The molecule has 1 aromatic carbocycles. The quantitative estimate of drug-likeness (QED) is 0.458. The van der Waals surface area contributed by atoms with Crippen molar-refractivity contribution in [2.45, 2.75) is 37.6 Å². The number of benzene rings is 1. The second-order valence-corrected chi connectivity index (χ2v) is 9.18. The van der Waals surface area contributed by atoms with E-state index in [9.17, 15) is 18.0 Å². The Hall–Kier alpha value is -3.66. The maximum Gasteiger partial charge on any atom is 0.433 e. The number of aromatic nitrogens is 3. The molecule has 35 heavy (non-hydrogen) atoms. The third-order valence-corrected chi connectivity index (χ3v) is 6.92. The van der Waals surface area contributed by atoms with Crippen LogP contribution in [0.25, 0.3) is 16.6 Å². The van der Waals surface area contributed by atoms with Crippen molar-refractivity contribution in [2.75, 3.05) is 19.4 Å². The van der Waals surface area contributed by atoms with Gasteiger partial charge in [-0.25, -0.2) is 9.97 Å². The number of nitrogen functional groups attached to an aromatic ring is 1. The van der Waals surface area contributed by atoms with E-state index in [2.05, 4.69) is 9.97 Å². The molecule has 1 unspecified atom stereocenters. The van der Waals surface area contributed by atoms with Crippen molar-refractivity contribution in [1.29, 1.82) is 0 Å². The molecule has 180 valence electrons. The summed E-state index contributed by atoms with van der Waals surface area (Å²) in [6, 6.07) is 8.46. The smallest absolute Gasteiger partial charge is 0.383 e. The van der Waals surface area contributed by atoms with Crippen LogP contribution in [0.5, 0.6) is 0 Å². The predicted molar refractivity (Wildman–Crippen MR) is 123 cm³/mol. The van der Waals surface area contributed by atoms with Gasteiger partial charge < -0.3 is 15.4 Å².